The summed E-state index contributed by atoms with van der Waals surface area (Å²) in [4.78, 5) is 41.9. The number of nitrogens with one attached hydrogen (secondary N) is 3. The number of thioether (sulfide) groups is 1. The van der Waals surface area contributed by atoms with Crippen molar-refractivity contribution in [2.45, 2.75) is 10.1 Å². The summed E-state index contributed by atoms with van der Waals surface area (Å²) in [7, 11) is 0. The van der Waals surface area contributed by atoms with E-state index >= 15 is 0 Å². The minimum absolute atomic E-state index is 0.117. The quantitative estimate of drug-likeness (QED) is 0.103. The van der Waals surface area contributed by atoms with Crippen molar-refractivity contribution in [3.8, 4) is 0 Å². The van der Waals surface area contributed by atoms with Gasteiger partial charge in [-0.2, -0.15) is 0 Å². The number of hydrogen-bond donors (Lipinski definition) is 3. The molecule has 0 bridgehead atoms. The smallest absolute Gasteiger partial charge is 0.272 e. The van der Waals surface area contributed by atoms with Gasteiger partial charge in [0.2, 0.25) is 5.91 Å². The van der Waals surface area contributed by atoms with Crippen molar-refractivity contribution in [1.29, 1.82) is 0 Å². The fourth-order valence-corrected chi connectivity index (χ4v) is 6.61. The van der Waals surface area contributed by atoms with Crippen LogP contribution in [0.4, 0.5) is 11.4 Å². The SMILES string of the molecule is O=C(Nc1cccc(SC(C(=O)Nc2cccc3ccccc23)c2ccccc2)c1)/C(=C/c1cccs1)NC(=O)c1ccccc1. The van der Waals surface area contributed by atoms with Crippen molar-refractivity contribution in [2.24, 2.45) is 0 Å². The molecule has 6 aromatic rings. The predicted molar refractivity (Wildman–Crippen MR) is 189 cm³/mol. The Kier molecular flexibility index (Phi) is 9.68. The van der Waals surface area contributed by atoms with Crippen LogP contribution in [0.3, 0.4) is 0 Å². The molecular formula is C38H29N3O3S2. The summed E-state index contributed by atoms with van der Waals surface area (Å²) in [6.07, 6.45) is 1.66. The van der Waals surface area contributed by atoms with Crippen molar-refractivity contribution in [3.63, 3.8) is 0 Å². The zero-order chi connectivity index (χ0) is 31.7. The van der Waals surface area contributed by atoms with E-state index in [1.54, 1.807) is 36.4 Å². The van der Waals surface area contributed by atoms with Gasteiger partial charge in [0.1, 0.15) is 10.9 Å². The summed E-state index contributed by atoms with van der Waals surface area (Å²) in [6.45, 7) is 0. The van der Waals surface area contributed by atoms with Gasteiger partial charge in [-0.3, -0.25) is 14.4 Å². The molecule has 0 aliphatic carbocycles. The van der Waals surface area contributed by atoms with E-state index in [1.165, 1.54) is 23.1 Å². The molecule has 226 valence electrons. The molecule has 3 N–H and O–H groups in total. The average molecular weight is 640 g/mol. The summed E-state index contributed by atoms with van der Waals surface area (Å²) in [5, 5.41) is 12.2. The minimum atomic E-state index is -0.564. The Labute approximate surface area is 275 Å². The maximum atomic E-state index is 13.8. The summed E-state index contributed by atoms with van der Waals surface area (Å²) < 4.78 is 0. The monoisotopic (exact) mass is 639 g/mol. The number of fused-ring (bicyclic) bond motifs is 1. The van der Waals surface area contributed by atoms with Crippen LogP contribution in [0, 0.1) is 0 Å². The molecule has 0 aliphatic rings. The topological polar surface area (TPSA) is 87.3 Å². The maximum absolute atomic E-state index is 13.8. The molecule has 0 fully saturated rings. The van der Waals surface area contributed by atoms with E-state index in [-0.39, 0.29) is 17.5 Å². The van der Waals surface area contributed by atoms with Crippen LogP contribution in [-0.2, 0) is 9.59 Å². The van der Waals surface area contributed by atoms with Crippen molar-refractivity contribution >= 4 is 69.0 Å². The molecule has 5 aromatic carbocycles. The lowest BCUT2D eigenvalue weighted by atomic mass is 10.1. The third kappa shape index (κ3) is 7.61. The lowest BCUT2D eigenvalue weighted by Gasteiger charge is -2.18. The molecule has 6 rings (SSSR count). The Bertz CT molecular complexity index is 2000. The summed E-state index contributed by atoms with van der Waals surface area (Å²) >= 11 is 2.85. The number of thiophene rings is 1. The van der Waals surface area contributed by atoms with Crippen LogP contribution < -0.4 is 16.0 Å². The standard InChI is InChI=1S/C38H29N3O3S2/c42-36(28-15-5-2-6-16-28)41-34(25-30-20-11-23-45-30)37(43)39-29-18-10-19-31(24-29)46-35(27-13-3-1-4-14-27)38(44)40-33-22-9-17-26-12-7-8-21-32(26)33/h1-25,35H,(H,39,43)(H,40,44)(H,41,42)/b34-25-. The molecule has 6 nitrogen and oxygen atoms in total. The van der Waals surface area contributed by atoms with E-state index in [0.717, 1.165) is 31.8 Å². The lowest BCUT2D eigenvalue weighted by molar-refractivity contribution is -0.116. The lowest BCUT2D eigenvalue weighted by Crippen LogP contribution is -2.30. The number of anilines is 2. The first-order chi connectivity index (χ1) is 22.5. The van der Waals surface area contributed by atoms with Gasteiger partial charge in [-0.25, -0.2) is 0 Å². The van der Waals surface area contributed by atoms with Gasteiger partial charge in [-0.05, 0) is 64.9 Å². The maximum Gasteiger partial charge on any atom is 0.272 e. The molecule has 0 aliphatic heterocycles. The fourth-order valence-electron chi connectivity index (χ4n) is 4.87. The van der Waals surface area contributed by atoms with E-state index in [0.29, 0.717) is 11.3 Å². The van der Waals surface area contributed by atoms with Gasteiger partial charge < -0.3 is 16.0 Å². The molecule has 0 saturated carbocycles. The number of hydrogen-bond acceptors (Lipinski definition) is 5. The molecule has 3 amide bonds. The van der Waals surface area contributed by atoms with Gasteiger partial charge in [0.15, 0.2) is 0 Å². The highest BCUT2D eigenvalue weighted by Crippen LogP contribution is 2.38. The van der Waals surface area contributed by atoms with Gasteiger partial charge in [-0.15, -0.1) is 23.1 Å². The van der Waals surface area contributed by atoms with Crippen LogP contribution in [0.25, 0.3) is 16.8 Å². The average Bonchev–Trinajstić information content (AvgIpc) is 3.61. The largest absolute Gasteiger partial charge is 0.324 e. The first-order valence-corrected chi connectivity index (χ1v) is 16.3. The minimum Gasteiger partial charge on any atom is -0.324 e. The van der Waals surface area contributed by atoms with E-state index in [9.17, 15) is 14.4 Å². The number of benzene rings is 5. The molecule has 1 atom stereocenters. The highest BCUT2D eigenvalue weighted by molar-refractivity contribution is 8.00. The number of rotatable bonds is 10. The van der Waals surface area contributed by atoms with E-state index in [4.69, 9.17) is 0 Å². The second-order valence-corrected chi connectivity index (χ2v) is 12.5. The molecule has 46 heavy (non-hydrogen) atoms. The van der Waals surface area contributed by atoms with E-state index in [2.05, 4.69) is 16.0 Å². The van der Waals surface area contributed by atoms with Crippen LogP contribution >= 0.6 is 23.1 Å². The Hall–Kier alpha value is -5.44. The Morgan fingerprint density at radius 2 is 1.41 bits per heavy atom. The van der Waals surface area contributed by atoms with E-state index in [1.807, 2.05) is 115 Å². The summed E-state index contributed by atoms with van der Waals surface area (Å²) in [5.74, 6) is -1.01. The Morgan fingerprint density at radius 1 is 0.696 bits per heavy atom. The van der Waals surface area contributed by atoms with Crippen molar-refractivity contribution < 1.29 is 14.4 Å². The van der Waals surface area contributed by atoms with Gasteiger partial charge >= 0.3 is 0 Å². The Morgan fingerprint density at radius 3 is 2.20 bits per heavy atom. The number of carbonyl (C=O) groups excluding carboxylic acids is 3. The highest BCUT2D eigenvalue weighted by atomic mass is 32.2. The zero-order valence-corrected chi connectivity index (χ0v) is 26.2. The summed E-state index contributed by atoms with van der Waals surface area (Å²) in [5.41, 5.74) is 2.69. The highest BCUT2D eigenvalue weighted by Gasteiger charge is 2.23. The molecule has 8 heteroatoms. The van der Waals surface area contributed by atoms with Crippen LogP contribution in [0.1, 0.15) is 26.0 Å². The van der Waals surface area contributed by atoms with Gasteiger partial charge in [0.25, 0.3) is 11.8 Å². The number of amides is 3. The van der Waals surface area contributed by atoms with Crippen LogP contribution in [0.5, 0.6) is 0 Å². The predicted octanol–water partition coefficient (Wildman–Crippen LogP) is 8.78. The fraction of sp³-hybridized carbons (Fsp3) is 0.0263. The first kappa shape index (κ1) is 30.6. The third-order valence-corrected chi connectivity index (χ3v) is 9.16. The molecule has 0 radical (unpaired) electrons. The van der Waals surface area contributed by atoms with Crippen LogP contribution in [0.15, 0.2) is 155 Å². The van der Waals surface area contributed by atoms with Gasteiger partial charge in [0, 0.05) is 32.1 Å². The normalized spacial score (nSPS) is 11.9. The van der Waals surface area contributed by atoms with Crippen molar-refractivity contribution in [1.82, 2.24) is 5.32 Å². The van der Waals surface area contributed by atoms with Crippen LogP contribution in [-0.4, -0.2) is 17.7 Å². The second-order valence-electron chi connectivity index (χ2n) is 10.3. The third-order valence-electron chi connectivity index (χ3n) is 7.09. The van der Waals surface area contributed by atoms with Gasteiger partial charge in [0.05, 0.1) is 0 Å². The molecule has 0 saturated heterocycles. The van der Waals surface area contributed by atoms with Crippen LogP contribution in [0.2, 0.25) is 0 Å². The molecule has 1 heterocycles. The van der Waals surface area contributed by atoms with E-state index < -0.39 is 11.2 Å². The number of carbonyl (C=O) groups is 3. The second kappa shape index (κ2) is 14.6. The van der Waals surface area contributed by atoms with Crippen molar-refractivity contribution in [3.05, 3.63) is 167 Å². The molecular weight excluding hydrogens is 611 g/mol. The zero-order valence-electron chi connectivity index (χ0n) is 24.6. The molecule has 1 unspecified atom stereocenters. The first-order valence-electron chi connectivity index (χ1n) is 14.6. The Balaban J connectivity index is 1.23. The van der Waals surface area contributed by atoms with Crippen molar-refractivity contribution in [2.75, 3.05) is 10.6 Å². The molecule has 0 spiro atoms. The molecule has 1 aromatic heterocycles. The van der Waals surface area contributed by atoms with Gasteiger partial charge in [-0.1, -0.05) is 97.1 Å². The summed E-state index contributed by atoms with van der Waals surface area (Å²) in [6, 6.07) is 43.2.